The summed E-state index contributed by atoms with van der Waals surface area (Å²) in [6, 6.07) is 7.84. The maximum atomic E-state index is 11.0. The van der Waals surface area contributed by atoms with E-state index in [0.717, 1.165) is 24.0 Å². The van der Waals surface area contributed by atoms with Gasteiger partial charge in [0.25, 0.3) is 0 Å². The fraction of sp³-hybridized carbons (Fsp3) is 0.438. The van der Waals surface area contributed by atoms with E-state index in [-0.39, 0.29) is 5.69 Å². The molecule has 2 aromatic rings. The summed E-state index contributed by atoms with van der Waals surface area (Å²) in [6.07, 6.45) is 1.28. The van der Waals surface area contributed by atoms with Crippen molar-refractivity contribution >= 4 is 22.6 Å². The number of fused-ring (bicyclic) bond motifs is 1. The van der Waals surface area contributed by atoms with Gasteiger partial charge in [-0.15, -0.1) is 0 Å². The largest absolute Gasteiger partial charge is 0.477 e. The third-order valence-electron chi connectivity index (χ3n) is 4.07. The first-order chi connectivity index (χ1) is 9.52. The maximum absolute atomic E-state index is 11.0. The lowest BCUT2D eigenvalue weighted by Crippen LogP contribution is -2.38. The minimum Gasteiger partial charge on any atom is -0.477 e. The van der Waals surface area contributed by atoms with Crippen LogP contribution in [0.5, 0.6) is 0 Å². The van der Waals surface area contributed by atoms with Gasteiger partial charge in [0.2, 0.25) is 0 Å². The number of nitrogens with zero attached hydrogens (tertiary/aromatic N) is 1. The van der Waals surface area contributed by atoms with E-state index in [9.17, 15) is 4.79 Å². The molecule has 0 bridgehead atoms. The van der Waals surface area contributed by atoms with Gasteiger partial charge in [0, 0.05) is 29.7 Å². The van der Waals surface area contributed by atoms with Crippen LogP contribution in [0.3, 0.4) is 0 Å². The van der Waals surface area contributed by atoms with Crippen LogP contribution < -0.4 is 4.90 Å². The molecule has 106 valence electrons. The van der Waals surface area contributed by atoms with E-state index in [0.29, 0.717) is 11.8 Å². The summed E-state index contributed by atoms with van der Waals surface area (Å²) < 4.78 is 0. The average Bonchev–Trinajstić information content (AvgIpc) is 2.80. The van der Waals surface area contributed by atoms with Crippen molar-refractivity contribution in [3.63, 3.8) is 0 Å². The number of carboxylic acids is 1. The molecule has 4 heteroatoms. The summed E-state index contributed by atoms with van der Waals surface area (Å²) in [5, 5.41) is 10.00. The van der Waals surface area contributed by atoms with E-state index in [1.807, 2.05) is 6.07 Å². The van der Waals surface area contributed by atoms with Crippen LogP contribution in [0.1, 0.15) is 30.8 Å². The van der Waals surface area contributed by atoms with E-state index in [1.54, 1.807) is 6.07 Å². The lowest BCUT2D eigenvalue weighted by Gasteiger charge is -2.36. The fourth-order valence-electron chi connectivity index (χ4n) is 3.31. The Morgan fingerprint density at radius 3 is 2.60 bits per heavy atom. The third kappa shape index (κ3) is 2.38. The standard InChI is InChI=1S/C16H20N2O2/c1-10-5-11(2)9-18(8-10)13-3-4-14-12(6-13)7-15(17-14)16(19)20/h3-4,6-7,10-11,17H,5,8-9H2,1-2H3,(H,19,20). The van der Waals surface area contributed by atoms with Crippen molar-refractivity contribution in [2.24, 2.45) is 11.8 Å². The second-order valence-corrected chi connectivity index (χ2v) is 6.11. The molecule has 20 heavy (non-hydrogen) atoms. The van der Waals surface area contributed by atoms with Crippen molar-refractivity contribution in [1.29, 1.82) is 0 Å². The first-order valence-corrected chi connectivity index (χ1v) is 7.14. The average molecular weight is 272 g/mol. The molecule has 3 rings (SSSR count). The van der Waals surface area contributed by atoms with Gasteiger partial charge in [-0.1, -0.05) is 13.8 Å². The molecule has 0 saturated carbocycles. The second kappa shape index (κ2) is 4.85. The molecule has 1 fully saturated rings. The third-order valence-corrected chi connectivity index (χ3v) is 4.07. The maximum Gasteiger partial charge on any atom is 0.352 e. The van der Waals surface area contributed by atoms with Gasteiger partial charge < -0.3 is 15.0 Å². The number of aromatic carboxylic acids is 1. The Balaban J connectivity index is 1.94. The number of aromatic nitrogens is 1. The highest BCUT2D eigenvalue weighted by atomic mass is 16.4. The molecule has 0 amide bonds. The predicted octanol–water partition coefficient (Wildman–Crippen LogP) is 3.35. The van der Waals surface area contributed by atoms with Crippen LogP contribution in [-0.2, 0) is 0 Å². The van der Waals surface area contributed by atoms with Crippen molar-refractivity contribution in [3.05, 3.63) is 30.0 Å². The van der Waals surface area contributed by atoms with E-state index in [1.165, 1.54) is 12.1 Å². The number of anilines is 1. The van der Waals surface area contributed by atoms with Crippen molar-refractivity contribution in [1.82, 2.24) is 4.98 Å². The van der Waals surface area contributed by atoms with Crippen molar-refractivity contribution in [2.75, 3.05) is 18.0 Å². The Morgan fingerprint density at radius 1 is 1.25 bits per heavy atom. The summed E-state index contributed by atoms with van der Waals surface area (Å²) >= 11 is 0. The Labute approximate surface area is 118 Å². The van der Waals surface area contributed by atoms with Crippen LogP contribution in [0.15, 0.2) is 24.3 Å². The first-order valence-electron chi connectivity index (χ1n) is 7.14. The zero-order valence-electron chi connectivity index (χ0n) is 11.9. The van der Waals surface area contributed by atoms with Gasteiger partial charge in [0.1, 0.15) is 5.69 Å². The van der Waals surface area contributed by atoms with Crippen molar-refractivity contribution in [2.45, 2.75) is 20.3 Å². The second-order valence-electron chi connectivity index (χ2n) is 6.11. The van der Waals surface area contributed by atoms with E-state index in [2.05, 4.69) is 35.9 Å². The fourth-order valence-corrected chi connectivity index (χ4v) is 3.31. The number of piperidine rings is 1. The Morgan fingerprint density at radius 2 is 1.95 bits per heavy atom. The van der Waals surface area contributed by atoms with E-state index >= 15 is 0 Å². The highest BCUT2D eigenvalue weighted by Gasteiger charge is 2.22. The Kier molecular flexibility index (Phi) is 3.16. The highest BCUT2D eigenvalue weighted by molar-refractivity contribution is 5.94. The van der Waals surface area contributed by atoms with Crippen LogP contribution in [0.4, 0.5) is 5.69 Å². The molecule has 1 aliphatic heterocycles. The topological polar surface area (TPSA) is 56.3 Å². The zero-order valence-corrected chi connectivity index (χ0v) is 11.9. The van der Waals surface area contributed by atoms with Crippen LogP contribution in [0.25, 0.3) is 10.9 Å². The molecular weight excluding hydrogens is 252 g/mol. The van der Waals surface area contributed by atoms with Gasteiger partial charge in [-0.05, 0) is 42.5 Å². The van der Waals surface area contributed by atoms with E-state index in [4.69, 9.17) is 5.11 Å². The van der Waals surface area contributed by atoms with Crippen molar-refractivity contribution < 1.29 is 9.90 Å². The Bertz CT molecular complexity index is 637. The molecule has 2 heterocycles. The predicted molar refractivity (Wildman–Crippen MR) is 80.4 cm³/mol. The molecular formula is C16H20N2O2. The molecule has 1 aromatic heterocycles. The van der Waals surface area contributed by atoms with Crippen LogP contribution in [-0.4, -0.2) is 29.1 Å². The number of aromatic amines is 1. The molecule has 2 N–H and O–H groups in total. The molecule has 2 atom stereocenters. The molecule has 1 aliphatic rings. The summed E-state index contributed by atoms with van der Waals surface area (Å²) in [6.45, 7) is 6.73. The number of H-pyrrole nitrogens is 1. The minimum atomic E-state index is -0.914. The minimum absolute atomic E-state index is 0.248. The van der Waals surface area contributed by atoms with Crippen molar-refractivity contribution in [3.8, 4) is 0 Å². The Hall–Kier alpha value is -1.97. The normalized spacial score (nSPS) is 23.2. The molecule has 4 nitrogen and oxygen atoms in total. The summed E-state index contributed by atoms with van der Waals surface area (Å²) in [4.78, 5) is 16.3. The molecule has 2 unspecified atom stereocenters. The van der Waals surface area contributed by atoms with Gasteiger partial charge in [-0.3, -0.25) is 0 Å². The highest BCUT2D eigenvalue weighted by Crippen LogP contribution is 2.28. The molecule has 0 aliphatic carbocycles. The van der Waals surface area contributed by atoms with Gasteiger partial charge in [0.15, 0.2) is 0 Å². The number of carboxylic acid groups (broad SMARTS) is 1. The molecule has 0 spiro atoms. The number of rotatable bonds is 2. The summed E-state index contributed by atoms with van der Waals surface area (Å²) in [7, 11) is 0. The van der Waals surface area contributed by atoms with Gasteiger partial charge in [0.05, 0.1) is 0 Å². The molecule has 1 aromatic carbocycles. The van der Waals surface area contributed by atoms with E-state index < -0.39 is 5.97 Å². The lowest BCUT2D eigenvalue weighted by atomic mass is 9.91. The smallest absolute Gasteiger partial charge is 0.352 e. The van der Waals surface area contributed by atoms with Gasteiger partial charge >= 0.3 is 5.97 Å². The molecule has 0 radical (unpaired) electrons. The monoisotopic (exact) mass is 272 g/mol. The quantitative estimate of drug-likeness (QED) is 0.881. The zero-order chi connectivity index (χ0) is 14.3. The first kappa shape index (κ1) is 13.0. The number of nitrogens with one attached hydrogen (secondary N) is 1. The van der Waals surface area contributed by atoms with Crippen LogP contribution >= 0.6 is 0 Å². The van der Waals surface area contributed by atoms with Crippen LogP contribution in [0.2, 0.25) is 0 Å². The molecule has 1 saturated heterocycles. The SMILES string of the molecule is CC1CC(C)CN(c2ccc3[nH]c(C(=O)O)cc3c2)C1. The number of carbonyl (C=O) groups is 1. The number of hydrogen-bond acceptors (Lipinski definition) is 2. The lowest BCUT2D eigenvalue weighted by molar-refractivity contribution is 0.0691. The number of benzene rings is 1. The van der Waals surface area contributed by atoms with Gasteiger partial charge in [-0.2, -0.15) is 0 Å². The summed E-state index contributed by atoms with van der Waals surface area (Å²) in [5.74, 6) is 0.494. The van der Waals surface area contributed by atoms with Crippen LogP contribution in [0, 0.1) is 11.8 Å². The summed E-state index contributed by atoms with van der Waals surface area (Å²) in [5.41, 5.74) is 2.31. The number of hydrogen-bond donors (Lipinski definition) is 2. The van der Waals surface area contributed by atoms with Gasteiger partial charge in [-0.25, -0.2) is 4.79 Å².